The van der Waals surface area contributed by atoms with Crippen LogP contribution in [0.3, 0.4) is 0 Å². The van der Waals surface area contributed by atoms with Gasteiger partial charge < -0.3 is 19.4 Å². The molecule has 3 aromatic rings. The van der Waals surface area contributed by atoms with Gasteiger partial charge in [0.15, 0.2) is 0 Å². The molecule has 0 saturated carbocycles. The quantitative estimate of drug-likeness (QED) is 0.487. The van der Waals surface area contributed by atoms with Gasteiger partial charge in [0.2, 0.25) is 5.91 Å². The summed E-state index contributed by atoms with van der Waals surface area (Å²) in [5.74, 6) is 0.916. The van der Waals surface area contributed by atoms with Crippen LogP contribution in [0.2, 0.25) is 0 Å². The monoisotopic (exact) mass is 530 g/mol. The van der Waals surface area contributed by atoms with Crippen molar-refractivity contribution in [3.8, 4) is 6.01 Å². The van der Waals surface area contributed by atoms with Gasteiger partial charge in [-0.15, -0.1) is 0 Å². The number of benzene rings is 1. The van der Waals surface area contributed by atoms with Crippen molar-refractivity contribution in [1.29, 1.82) is 0 Å². The first-order valence-electron chi connectivity index (χ1n) is 13.9. The minimum Gasteiger partial charge on any atom is -0.462 e. The number of aryl methyl sites for hydroxylation is 1. The Morgan fingerprint density at radius 1 is 1.15 bits per heavy atom. The first-order valence-corrected chi connectivity index (χ1v) is 13.9. The topological polar surface area (TPSA) is 93.7 Å². The van der Waals surface area contributed by atoms with Crippen LogP contribution in [-0.2, 0) is 17.8 Å². The number of piperazine rings is 1. The first-order chi connectivity index (χ1) is 18.9. The maximum absolute atomic E-state index is 12.2. The Morgan fingerprint density at radius 2 is 1.97 bits per heavy atom. The lowest BCUT2D eigenvalue weighted by molar-refractivity contribution is -0.126. The number of H-pyrrole nitrogens is 1. The van der Waals surface area contributed by atoms with E-state index in [9.17, 15) is 4.79 Å². The molecule has 1 unspecified atom stereocenters. The highest BCUT2D eigenvalue weighted by atomic mass is 16.5. The van der Waals surface area contributed by atoms with Gasteiger partial charge in [-0.05, 0) is 63.7 Å². The van der Waals surface area contributed by atoms with E-state index < -0.39 is 0 Å². The number of carbonyl (C=O) groups is 1. The third-order valence-corrected chi connectivity index (χ3v) is 8.74. The van der Waals surface area contributed by atoms with Gasteiger partial charge in [0.05, 0.1) is 17.4 Å². The standard InChI is InChI=1S/C29H38N8O2/c1-5-26(38)36-11-13-37(14-12-36)28-22-17-35(4)25(27-19(2)8-9-23-21(27)16-30-33-23)15-24(22)31-29(32-28)39-18-20-7-6-10-34(20)3/h5,8-9,16,20,25H,1,6-7,10-15,17-18H2,2-4H3,(H,30,33)/t20-,25?/m0/s1. The molecular weight excluding hydrogens is 492 g/mol. The molecule has 3 aliphatic heterocycles. The minimum atomic E-state index is -0.0181. The van der Waals surface area contributed by atoms with E-state index >= 15 is 0 Å². The number of carbonyl (C=O) groups excluding carboxylic acids is 1. The van der Waals surface area contributed by atoms with E-state index in [1.54, 1.807) is 0 Å². The Labute approximate surface area is 229 Å². The number of likely N-dealkylation sites (tertiary alicyclic amines) is 1. The molecule has 3 aliphatic rings. The third kappa shape index (κ3) is 4.87. The van der Waals surface area contributed by atoms with Crippen molar-refractivity contribution in [3.05, 3.63) is 53.4 Å². The van der Waals surface area contributed by atoms with E-state index in [-0.39, 0.29) is 11.9 Å². The largest absolute Gasteiger partial charge is 0.462 e. The normalized spacial score (nSPS) is 22.3. The Kier molecular flexibility index (Phi) is 6.99. The molecule has 10 nitrogen and oxygen atoms in total. The SMILES string of the molecule is C=CC(=O)N1CCN(c2nc(OC[C@@H]3CCCN3C)nc3c2CN(C)C(c2c(C)ccc4[nH]ncc24)C3)CC1. The number of amides is 1. The summed E-state index contributed by atoms with van der Waals surface area (Å²) in [6.07, 6.45) is 6.42. The van der Waals surface area contributed by atoms with Gasteiger partial charge in [-0.1, -0.05) is 12.6 Å². The summed E-state index contributed by atoms with van der Waals surface area (Å²) in [7, 11) is 4.33. The number of aromatic nitrogens is 4. The number of fused-ring (bicyclic) bond motifs is 2. The van der Waals surface area contributed by atoms with Crippen LogP contribution in [0.4, 0.5) is 5.82 Å². The van der Waals surface area contributed by atoms with E-state index in [1.807, 2.05) is 11.1 Å². The molecule has 0 radical (unpaired) electrons. The fraction of sp³-hybridized carbons (Fsp3) is 0.517. The van der Waals surface area contributed by atoms with Crippen molar-refractivity contribution in [2.75, 3.05) is 58.3 Å². The highest BCUT2D eigenvalue weighted by Crippen LogP contribution is 2.39. The third-order valence-electron chi connectivity index (χ3n) is 8.74. The second kappa shape index (κ2) is 10.6. The van der Waals surface area contributed by atoms with Crippen molar-refractivity contribution in [2.45, 2.75) is 44.8 Å². The van der Waals surface area contributed by atoms with Crippen LogP contribution in [0, 0.1) is 6.92 Å². The lowest BCUT2D eigenvalue weighted by atomic mass is 9.89. The first kappa shape index (κ1) is 25.8. The van der Waals surface area contributed by atoms with Crippen molar-refractivity contribution in [1.82, 2.24) is 34.9 Å². The summed E-state index contributed by atoms with van der Waals surface area (Å²) in [5.41, 5.74) is 5.79. The van der Waals surface area contributed by atoms with Crippen molar-refractivity contribution in [2.24, 2.45) is 0 Å². The maximum Gasteiger partial charge on any atom is 0.318 e. The Morgan fingerprint density at radius 3 is 2.72 bits per heavy atom. The number of hydrogen-bond donors (Lipinski definition) is 1. The highest BCUT2D eigenvalue weighted by molar-refractivity contribution is 5.87. The Hall–Kier alpha value is -3.50. The molecule has 6 rings (SSSR count). The molecule has 206 valence electrons. The van der Waals surface area contributed by atoms with Gasteiger partial charge >= 0.3 is 6.01 Å². The van der Waals surface area contributed by atoms with Gasteiger partial charge in [0.25, 0.3) is 0 Å². The predicted molar refractivity (Wildman–Crippen MR) is 151 cm³/mol. The average Bonchev–Trinajstić information content (AvgIpc) is 3.59. The molecule has 0 spiro atoms. The summed E-state index contributed by atoms with van der Waals surface area (Å²) in [6, 6.07) is 5.27. The number of aromatic amines is 1. The van der Waals surface area contributed by atoms with Crippen LogP contribution < -0.4 is 9.64 Å². The lowest BCUT2D eigenvalue weighted by Crippen LogP contribution is -2.49. The molecule has 1 N–H and O–H groups in total. The molecule has 2 saturated heterocycles. The number of hydrogen-bond acceptors (Lipinski definition) is 8. The molecule has 2 atom stereocenters. The van der Waals surface area contributed by atoms with Gasteiger partial charge in [0, 0.05) is 62.2 Å². The van der Waals surface area contributed by atoms with Gasteiger partial charge in [-0.2, -0.15) is 15.1 Å². The maximum atomic E-state index is 12.2. The molecule has 1 aromatic carbocycles. The van der Waals surface area contributed by atoms with E-state index in [4.69, 9.17) is 14.7 Å². The smallest absolute Gasteiger partial charge is 0.318 e. The van der Waals surface area contributed by atoms with Gasteiger partial charge in [0.1, 0.15) is 12.4 Å². The number of ether oxygens (including phenoxy) is 1. The second-order valence-corrected chi connectivity index (χ2v) is 11.1. The summed E-state index contributed by atoms with van der Waals surface area (Å²) >= 11 is 0. The zero-order valence-electron chi connectivity index (χ0n) is 23.2. The zero-order chi connectivity index (χ0) is 27.1. The van der Waals surface area contributed by atoms with Crippen LogP contribution in [0.1, 0.15) is 41.3 Å². The van der Waals surface area contributed by atoms with E-state index in [2.05, 4.69) is 64.6 Å². The molecule has 0 bridgehead atoms. The number of nitrogens with one attached hydrogen (secondary N) is 1. The number of nitrogens with zero attached hydrogens (tertiary/aromatic N) is 7. The lowest BCUT2D eigenvalue weighted by Gasteiger charge is -2.39. The molecule has 5 heterocycles. The van der Waals surface area contributed by atoms with Crippen LogP contribution >= 0.6 is 0 Å². The Bertz CT molecular complexity index is 1380. The molecule has 2 fully saturated rings. The predicted octanol–water partition coefficient (Wildman–Crippen LogP) is 2.70. The van der Waals surface area contributed by atoms with E-state index in [0.717, 1.165) is 53.9 Å². The average molecular weight is 531 g/mol. The van der Waals surface area contributed by atoms with E-state index in [1.165, 1.54) is 23.6 Å². The molecule has 39 heavy (non-hydrogen) atoms. The van der Waals surface area contributed by atoms with Crippen LogP contribution in [0.5, 0.6) is 6.01 Å². The molecule has 1 amide bonds. The van der Waals surface area contributed by atoms with E-state index in [0.29, 0.717) is 44.8 Å². The minimum absolute atomic E-state index is 0.0181. The summed E-state index contributed by atoms with van der Waals surface area (Å²) < 4.78 is 6.29. The van der Waals surface area contributed by atoms with Crippen molar-refractivity contribution in [3.63, 3.8) is 0 Å². The fourth-order valence-electron chi connectivity index (χ4n) is 6.39. The molecule has 0 aliphatic carbocycles. The molecule has 10 heteroatoms. The zero-order valence-corrected chi connectivity index (χ0v) is 23.2. The van der Waals surface area contributed by atoms with Gasteiger partial charge in [-0.3, -0.25) is 14.8 Å². The summed E-state index contributed by atoms with van der Waals surface area (Å²) in [4.78, 5) is 31.1. The number of anilines is 1. The molecular formula is C29H38N8O2. The van der Waals surface area contributed by atoms with Crippen LogP contribution in [-0.4, -0.2) is 100 Å². The summed E-state index contributed by atoms with van der Waals surface area (Å²) in [6.45, 7) is 11.0. The van der Waals surface area contributed by atoms with Crippen LogP contribution in [0.15, 0.2) is 31.0 Å². The highest BCUT2D eigenvalue weighted by Gasteiger charge is 2.34. The number of likely N-dealkylation sites (N-methyl/N-ethyl adjacent to an activating group) is 2. The summed E-state index contributed by atoms with van der Waals surface area (Å²) in [5, 5.41) is 8.60. The molecule has 2 aromatic heterocycles. The van der Waals surface area contributed by atoms with Crippen LogP contribution in [0.25, 0.3) is 10.9 Å². The fourth-order valence-corrected chi connectivity index (χ4v) is 6.39. The number of rotatable bonds is 6. The van der Waals surface area contributed by atoms with Crippen molar-refractivity contribution >= 4 is 22.6 Å². The second-order valence-electron chi connectivity index (χ2n) is 11.1. The van der Waals surface area contributed by atoms with Crippen molar-refractivity contribution < 1.29 is 9.53 Å². The van der Waals surface area contributed by atoms with Gasteiger partial charge in [-0.25, -0.2) is 0 Å². The Balaban J connectivity index is 1.34.